The van der Waals surface area contributed by atoms with Crippen LogP contribution in [0.2, 0.25) is 0 Å². The van der Waals surface area contributed by atoms with Crippen LogP contribution in [0.5, 0.6) is 0 Å². The Labute approximate surface area is 110 Å². The van der Waals surface area contributed by atoms with Gasteiger partial charge in [0.05, 0.1) is 0 Å². The summed E-state index contributed by atoms with van der Waals surface area (Å²) in [6.45, 7) is 6.76. The van der Waals surface area contributed by atoms with Crippen molar-refractivity contribution in [2.45, 2.75) is 31.8 Å². The lowest BCUT2D eigenvalue weighted by Gasteiger charge is -2.37. The molecule has 98 valence electrons. The molecule has 2 N–H and O–H groups in total. The van der Waals surface area contributed by atoms with E-state index in [1.54, 1.807) is 0 Å². The van der Waals surface area contributed by atoms with Crippen LogP contribution < -0.4 is 10.6 Å². The first kappa shape index (κ1) is 12.0. The molecule has 0 spiro atoms. The maximum atomic E-state index is 6.07. The van der Waals surface area contributed by atoms with E-state index in [2.05, 4.69) is 41.0 Å². The van der Waals surface area contributed by atoms with Gasteiger partial charge in [0.25, 0.3) is 0 Å². The fourth-order valence-corrected chi connectivity index (χ4v) is 2.93. The highest BCUT2D eigenvalue weighted by molar-refractivity contribution is 5.55. The van der Waals surface area contributed by atoms with Crippen LogP contribution in [0.15, 0.2) is 24.3 Å². The maximum Gasteiger partial charge on any atom is 0.0415 e. The first-order chi connectivity index (χ1) is 8.75. The zero-order chi connectivity index (χ0) is 12.5. The van der Waals surface area contributed by atoms with Crippen molar-refractivity contribution in [3.63, 3.8) is 0 Å². The number of para-hydroxylation sites is 1. The summed E-state index contributed by atoms with van der Waals surface area (Å²) in [4.78, 5) is 5.14. The van der Waals surface area contributed by atoms with Gasteiger partial charge in [0.15, 0.2) is 0 Å². The van der Waals surface area contributed by atoms with Crippen molar-refractivity contribution >= 4 is 5.69 Å². The van der Waals surface area contributed by atoms with Gasteiger partial charge in [-0.05, 0) is 31.4 Å². The molecule has 2 fully saturated rings. The SMILES string of the molecule is CC(N)c1ccccc1N1CCN(C2CC2)CC1. The predicted molar refractivity (Wildman–Crippen MR) is 75.9 cm³/mol. The third kappa shape index (κ3) is 2.38. The summed E-state index contributed by atoms with van der Waals surface area (Å²) in [6.07, 6.45) is 2.83. The molecule has 1 aromatic rings. The highest BCUT2D eigenvalue weighted by Crippen LogP contribution is 2.30. The molecule has 1 unspecified atom stereocenters. The van der Waals surface area contributed by atoms with Gasteiger partial charge in [0.1, 0.15) is 0 Å². The van der Waals surface area contributed by atoms with E-state index in [0.717, 1.165) is 19.1 Å². The minimum absolute atomic E-state index is 0.114. The molecule has 3 nitrogen and oxygen atoms in total. The van der Waals surface area contributed by atoms with Crippen LogP contribution in [0.1, 0.15) is 31.4 Å². The van der Waals surface area contributed by atoms with Crippen LogP contribution in [-0.2, 0) is 0 Å². The van der Waals surface area contributed by atoms with Crippen molar-refractivity contribution in [2.75, 3.05) is 31.1 Å². The van der Waals surface area contributed by atoms with E-state index in [0.29, 0.717) is 0 Å². The molecular formula is C15H23N3. The van der Waals surface area contributed by atoms with E-state index >= 15 is 0 Å². The molecule has 1 aliphatic carbocycles. The second-order valence-electron chi connectivity index (χ2n) is 5.60. The Hall–Kier alpha value is -1.06. The Bertz CT molecular complexity index is 404. The topological polar surface area (TPSA) is 32.5 Å². The fourth-order valence-electron chi connectivity index (χ4n) is 2.93. The summed E-state index contributed by atoms with van der Waals surface area (Å²) in [6, 6.07) is 9.59. The van der Waals surface area contributed by atoms with Gasteiger partial charge in [-0.15, -0.1) is 0 Å². The Kier molecular flexibility index (Phi) is 3.27. The monoisotopic (exact) mass is 245 g/mol. The van der Waals surface area contributed by atoms with Crippen molar-refractivity contribution in [1.82, 2.24) is 4.90 Å². The number of piperazine rings is 1. The second kappa shape index (κ2) is 4.90. The molecule has 1 atom stereocenters. The first-order valence-electron chi connectivity index (χ1n) is 7.09. The molecule has 1 aromatic carbocycles. The number of nitrogens with zero attached hydrogens (tertiary/aromatic N) is 2. The average Bonchev–Trinajstić information content (AvgIpc) is 3.23. The van der Waals surface area contributed by atoms with Crippen molar-refractivity contribution in [3.05, 3.63) is 29.8 Å². The summed E-state index contributed by atoms with van der Waals surface area (Å²) >= 11 is 0. The second-order valence-corrected chi connectivity index (χ2v) is 5.60. The molecule has 0 aromatic heterocycles. The number of nitrogens with two attached hydrogens (primary N) is 1. The molecule has 1 heterocycles. The fraction of sp³-hybridized carbons (Fsp3) is 0.600. The Morgan fingerprint density at radius 3 is 2.39 bits per heavy atom. The third-order valence-corrected chi connectivity index (χ3v) is 4.15. The lowest BCUT2D eigenvalue weighted by Crippen LogP contribution is -2.47. The summed E-state index contributed by atoms with van der Waals surface area (Å²) in [5.41, 5.74) is 8.68. The summed E-state index contributed by atoms with van der Waals surface area (Å²) in [5.74, 6) is 0. The molecule has 0 amide bonds. The maximum absolute atomic E-state index is 6.07. The molecule has 0 radical (unpaired) electrons. The van der Waals surface area contributed by atoms with Crippen molar-refractivity contribution in [1.29, 1.82) is 0 Å². The van der Waals surface area contributed by atoms with E-state index < -0.39 is 0 Å². The van der Waals surface area contributed by atoms with Gasteiger partial charge in [-0.1, -0.05) is 18.2 Å². The summed E-state index contributed by atoms with van der Waals surface area (Å²) in [7, 11) is 0. The third-order valence-electron chi connectivity index (χ3n) is 4.15. The van der Waals surface area contributed by atoms with Crippen LogP contribution in [0.4, 0.5) is 5.69 Å². The number of anilines is 1. The van der Waals surface area contributed by atoms with Crippen LogP contribution >= 0.6 is 0 Å². The number of hydrogen-bond acceptors (Lipinski definition) is 3. The number of rotatable bonds is 3. The van der Waals surface area contributed by atoms with Gasteiger partial charge in [0.2, 0.25) is 0 Å². The van der Waals surface area contributed by atoms with Crippen molar-refractivity contribution in [2.24, 2.45) is 5.73 Å². The summed E-state index contributed by atoms with van der Waals surface area (Å²) in [5, 5.41) is 0. The van der Waals surface area contributed by atoms with E-state index in [9.17, 15) is 0 Å². The van der Waals surface area contributed by atoms with Crippen molar-refractivity contribution < 1.29 is 0 Å². The smallest absolute Gasteiger partial charge is 0.0415 e. The Balaban J connectivity index is 1.71. The minimum atomic E-state index is 0.114. The largest absolute Gasteiger partial charge is 0.369 e. The molecule has 1 saturated heterocycles. The Morgan fingerprint density at radius 2 is 1.78 bits per heavy atom. The van der Waals surface area contributed by atoms with Gasteiger partial charge >= 0.3 is 0 Å². The average molecular weight is 245 g/mol. The zero-order valence-electron chi connectivity index (χ0n) is 11.2. The molecule has 1 saturated carbocycles. The van der Waals surface area contributed by atoms with Crippen LogP contribution in [0.25, 0.3) is 0 Å². The first-order valence-corrected chi connectivity index (χ1v) is 7.09. The zero-order valence-corrected chi connectivity index (χ0v) is 11.2. The van der Waals surface area contributed by atoms with Crippen LogP contribution in [0, 0.1) is 0 Å². The van der Waals surface area contributed by atoms with Crippen LogP contribution in [0.3, 0.4) is 0 Å². The highest BCUT2D eigenvalue weighted by atomic mass is 15.3. The van der Waals surface area contributed by atoms with E-state index in [1.807, 2.05) is 0 Å². The van der Waals surface area contributed by atoms with Gasteiger partial charge < -0.3 is 10.6 Å². The predicted octanol–water partition coefficient (Wildman–Crippen LogP) is 1.99. The number of hydrogen-bond donors (Lipinski definition) is 1. The van der Waals surface area contributed by atoms with Gasteiger partial charge in [-0.25, -0.2) is 0 Å². The van der Waals surface area contributed by atoms with Gasteiger partial charge in [-0.3, -0.25) is 4.90 Å². The van der Waals surface area contributed by atoms with E-state index in [4.69, 9.17) is 5.73 Å². The standard InChI is InChI=1S/C15H23N3/c1-12(16)14-4-2-3-5-15(14)18-10-8-17(9-11-18)13-6-7-13/h2-5,12-13H,6-11,16H2,1H3. The van der Waals surface area contributed by atoms with Crippen LogP contribution in [-0.4, -0.2) is 37.1 Å². The quantitative estimate of drug-likeness (QED) is 0.884. The molecule has 0 bridgehead atoms. The minimum Gasteiger partial charge on any atom is -0.369 e. The molecule has 3 heteroatoms. The molecule has 18 heavy (non-hydrogen) atoms. The van der Waals surface area contributed by atoms with E-state index in [1.165, 1.54) is 37.2 Å². The Morgan fingerprint density at radius 1 is 1.11 bits per heavy atom. The number of benzene rings is 1. The van der Waals surface area contributed by atoms with Gasteiger partial charge in [-0.2, -0.15) is 0 Å². The van der Waals surface area contributed by atoms with Gasteiger partial charge in [0, 0.05) is 44.0 Å². The molecular weight excluding hydrogens is 222 g/mol. The lowest BCUT2D eigenvalue weighted by atomic mass is 10.1. The van der Waals surface area contributed by atoms with Crippen molar-refractivity contribution in [3.8, 4) is 0 Å². The lowest BCUT2D eigenvalue weighted by molar-refractivity contribution is 0.248. The highest BCUT2D eigenvalue weighted by Gasteiger charge is 2.31. The van der Waals surface area contributed by atoms with E-state index in [-0.39, 0.29) is 6.04 Å². The molecule has 1 aliphatic heterocycles. The molecule has 3 rings (SSSR count). The summed E-state index contributed by atoms with van der Waals surface area (Å²) < 4.78 is 0. The molecule has 2 aliphatic rings. The normalized spacial score (nSPS) is 23.1.